The van der Waals surface area contributed by atoms with Crippen molar-refractivity contribution in [1.82, 2.24) is 5.32 Å². The number of benzene rings is 3. The maximum absolute atomic E-state index is 10.5. The van der Waals surface area contributed by atoms with Crippen LogP contribution in [0.1, 0.15) is 43.9 Å². The lowest BCUT2D eigenvalue weighted by Gasteiger charge is -2.22. The van der Waals surface area contributed by atoms with Gasteiger partial charge in [-0.25, -0.2) is 0 Å². The van der Waals surface area contributed by atoms with Crippen LogP contribution in [0.5, 0.6) is 0 Å². The maximum atomic E-state index is 10.5. The molecule has 0 amide bonds. The Hall–Kier alpha value is -2.64. The number of aryl methyl sites for hydroxylation is 2. The number of hydrogen-bond donors (Lipinski definition) is 5. The molecule has 3 rings (SSSR count). The lowest BCUT2D eigenvalue weighted by molar-refractivity contribution is 0.137. The summed E-state index contributed by atoms with van der Waals surface area (Å²) >= 11 is 0. The zero-order chi connectivity index (χ0) is 31.2. The molecule has 0 aliphatic heterocycles. The second kappa shape index (κ2) is 17.3. The van der Waals surface area contributed by atoms with Crippen LogP contribution in [0.3, 0.4) is 0 Å². The number of rotatable bonds is 10. The van der Waals surface area contributed by atoms with Gasteiger partial charge >= 0.3 is 0 Å². The average Bonchev–Trinajstić information content (AvgIpc) is 2.87. The molecule has 0 aromatic heterocycles. The van der Waals surface area contributed by atoms with Crippen LogP contribution in [-0.2, 0) is 26.7 Å². The van der Waals surface area contributed by atoms with Crippen LogP contribution >= 0.6 is 0 Å². The fourth-order valence-corrected chi connectivity index (χ4v) is 4.67. The van der Waals surface area contributed by atoms with E-state index in [1.807, 2.05) is 44.2 Å². The highest BCUT2D eigenvalue weighted by Crippen LogP contribution is 2.10. The number of hydrogen-bond acceptors (Lipinski definition) is 7. The molecule has 3 aromatic rings. The van der Waals surface area contributed by atoms with Crippen LogP contribution in [0.15, 0.2) is 88.7 Å². The molecule has 0 saturated heterocycles. The standard InChI is InChI=1S/C16H28N2O.2C7H8O3S/c1-12(2)9-13(3)18-11-16(19)15(17)10-14-7-5-4-6-8-14;2*1-6-2-4-7(5-3-6)11(8,9)10/h4-8,12-13,15-16,18-19H,9-11,17H2,1-3H3;2*2-5H,1H3,(H,8,9,10)/t13?,15-,16+;;/m0../s1. The van der Waals surface area contributed by atoms with Crippen LogP contribution in [0, 0.1) is 19.8 Å². The summed E-state index contributed by atoms with van der Waals surface area (Å²) in [5.41, 5.74) is 9.13. The predicted molar refractivity (Wildman–Crippen MR) is 163 cm³/mol. The molecule has 41 heavy (non-hydrogen) atoms. The van der Waals surface area contributed by atoms with Gasteiger partial charge in [-0.05, 0) is 69.4 Å². The Balaban J connectivity index is 0.000000327. The molecule has 3 aromatic carbocycles. The molecular formula is C30H44N2O7S2. The van der Waals surface area contributed by atoms with Gasteiger partial charge in [0.05, 0.1) is 15.9 Å². The summed E-state index contributed by atoms with van der Waals surface area (Å²) in [6.07, 6.45) is 1.32. The van der Waals surface area contributed by atoms with E-state index in [1.165, 1.54) is 29.8 Å². The van der Waals surface area contributed by atoms with E-state index < -0.39 is 26.3 Å². The van der Waals surface area contributed by atoms with Crippen LogP contribution in [0.25, 0.3) is 0 Å². The van der Waals surface area contributed by atoms with Gasteiger partial charge in [0.1, 0.15) is 0 Å². The SMILES string of the molecule is CC(C)CC(C)NC[C@@H](O)[C@@H](N)Cc1ccccc1.Cc1ccc(S(=O)(=O)O)cc1.Cc1ccc(S(=O)(=O)O)cc1. The van der Waals surface area contributed by atoms with E-state index in [0.717, 1.165) is 17.5 Å². The molecule has 0 saturated carbocycles. The summed E-state index contributed by atoms with van der Waals surface area (Å²) < 4.78 is 59.1. The van der Waals surface area contributed by atoms with Crippen LogP contribution in [-0.4, -0.2) is 55.8 Å². The molecular weight excluding hydrogens is 564 g/mol. The topological polar surface area (TPSA) is 167 Å². The molecule has 0 heterocycles. The molecule has 11 heteroatoms. The van der Waals surface area contributed by atoms with Crippen molar-refractivity contribution in [1.29, 1.82) is 0 Å². The lowest BCUT2D eigenvalue weighted by Crippen LogP contribution is -2.45. The van der Waals surface area contributed by atoms with E-state index in [-0.39, 0.29) is 15.8 Å². The normalized spacial score (nSPS) is 13.7. The second-order valence-corrected chi connectivity index (χ2v) is 13.3. The van der Waals surface area contributed by atoms with Crippen LogP contribution in [0.2, 0.25) is 0 Å². The van der Waals surface area contributed by atoms with Crippen molar-refractivity contribution < 1.29 is 31.0 Å². The van der Waals surface area contributed by atoms with Gasteiger partial charge in [0.15, 0.2) is 0 Å². The van der Waals surface area contributed by atoms with E-state index in [2.05, 4.69) is 26.1 Å². The van der Waals surface area contributed by atoms with Gasteiger partial charge in [-0.2, -0.15) is 16.8 Å². The fourth-order valence-electron chi connectivity index (χ4n) is 3.71. The van der Waals surface area contributed by atoms with Gasteiger partial charge in [-0.15, -0.1) is 0 Å². The van der Waals surface area contributed by atoms with Gasteiger partial charge in [0.25, 0.3) is 20.2 Å². The van der Waals surface area contributed by atoms with Crippen LogP contribution < -0.4 is 11.1 Å². The molecule has 0 bridgehead atoms. The zero-order valence-corrected chi connectivity index (χ0v) is 25.9. The van der Waals surface area contributed by atoms with Gasteiger partial charge in [-0.1, -0.05) is 79.6 Å². The Bertz CT molecular complexity index is 1290. The molecule has 1 unspecified atom stereocenters. The predicted octanol–water partition coefficient (Wildman–Crippen LogP) is 4.42. The van der Waals surface area contributed by atoms with Gasteiger partial charge in [0, 0.05) is 18.6 Å². The first-order valence-electron chi connectivity index (χ1n) is 13.3. The Labute approximate surface area is 245 Å². The average molecular weight is 609 g/mol. The minimum atomic E-state index is -4.02. The first-order chi connectivity index (χ1) is 19.0. The van der Waals surface area contributed by atoms with Gasteiger partial charge in [0.2, 0.25) is 0 Å². The summed E-state index contributed by atoms with van der Waals surface area (Å²) in [5.74, 6) is 0.664. The van der Waals surface area contributed by atoms with E-state index >= 15 is 0 Å². The van der Waals surface area contributed by atoms with Crippen molar-refractivity contribution in [3.63, 3.8) is 0 Å². The minimum Gasteiger partial charge on any atom is -0.390 e. The lowest BCUT2D eigenvalue weighted by atomic mass is 10.0. The fraction of sp³-hybridized carbons (Fsp3) is 0.400. The first-order valence-corrected chi connectivity index (χ1v) is 16.2. The Kier molecular flexibility index (Phi) is 15.4. The Morgan fingerprint density at radius 1 is 0.732 bits per heavy atom. The molecule has 0 aliphatic carbocycles. The van der Waals surface area contributed by atoms with Gasteiger partial charge < -0.3 is 16.2 Å². The van der Waals surface area contributed by atoms with E-state index in [9.17, 15) is 21.9 Å². The highest BCUT2D eigenvalue weighted by atomic mass is 32.2. The number of nitrogens with two attached hydrogens (primary N) is 1. The number of aliphatic hydroxyl groups excluding tert-OH is 1. The largest absolute Gasteiger partial charge is 0.390 e. The van der Waals surface area contributed by atoms with Gasteiger partial charge in [-0.3, -0.25) is 9.11 Å². The van der Waals surface area contributed by atoms with Crippen molar-refractivity contribution in [2.45, 2.75) is 75.4 Å². The smallest absolute Gasteiger partial charge is 0.294 e. The number of nitrogens with one attached hydrogen (secondary N) is 1. The summed E-state index contributed by atoms with van der Waals surface area (Å²) in [5, 5.41) is 13.4. The van der Waals surface area contributed by atoms with Crippen molar-refractivity contribution in [3.05, 3.63) is 95.6 Å². The van der Waals surface area contributed by atoms with Crippen molar-refractivity contribution >= 4 is 20.2 Å². The molecule has 9 nitrogen and oxygen atoms in total. The number of aliphatic hydroxyl groups is 1. The van der Waals surface area contributed by atoms with Crippen molar-refractivity contribution in [2.24, 2.45) is 11.7 Å². The maximum Gasteiger partial charge on any atom is 0.294 e. The summed E-state index contributed by atoms with van der Waals surface area (Å²) in [6, 6.07) is 22.2. The molecule has 0 fully saturated rings. The molecule has 0 spiro atoms. The molecule has 6 N–H and O–H groups in total. The highest BCUT2D eigenvalue weighted by molar-refractivity contribution is 7.86. The third kappa shape index (κ3) is 15.8. The van der Waals surface area contributed by atoms with Crippen molar-refractivity contribution in [2.75, 3.05) is 6.54 Å². The second-order valence-electron chi connectivity index (χ2n) is 10.4. The highest BCUT2D eigenvalue weighted by Gasteiger charge is 2.16. The zero-order valence-electron chi connectivity index (χ0n) is 24.3. The molecule has 228 valence electrons. The first kappa shape index (κ1) is 36.4. The molecule has 0 radical (unpaired) electrons. The summed E-state index contributed by atoms with van der Waals surface area (Å²) in [6.45, 7) is 10.8. The minimum absolute atomic E-state index is 0.0666. The van der Waals surface area contributed by atoms with Crippen LogP contribution in [0.4, 0.5) is 0 Å². The van der Waals surface area contributed by atoms with E-state index in [1.54, 1.807) is 24.3 Å². The van der Waals surface area contributed by atoms with Crippen molar-refractivity contribution in [3.8, 4) is 0 Å². The Morgan fingerprint density at radius 3 is 1.51 bits per heavy atom. The molecule has 3 atom stereocenters. The Morgan fingerprint density at radius 2 is 1.15 bits per heavy atom. The van der Waals surface area contributed by atoms with E-state index in [0.29, 0.717) is 24.9 Å². The molecule has 0 aliphatic rings. The summed E-state index contributed by atoms with van der Waals surface area (Å²) in [7, 11) is -8.04. The third-order valence-electron chi connectivity index (χ3n) is 5.95. The monoisotopic (exact) mass is 608 g/mol. The quantitative estimate of drug-likeness (QED) is 0.209. The third-order valence-corrected chi connectivity index (χ3v) is 7.68. The van der Waals surface area contributed by atoms with E-state index in [4.69, 9.17) is 14.8 Å². The summed E-state index contributed by atoms with van der Waals surface area (Å²) in [4.78, 5) is -0.133.